The number of likely N-dealkylation sites (tertiary alicyclic amines) is 1. The zero-order chi connectivity index (χ0) is 32.7. The first-order valence-electron chi connectivity index (χ1n) is 15.3. The summed E-state index contributed by atoms with van der Waals surface area (Å²) in [4.78, 5) is 34.5. The van der Waals surface area contributed by atoms with Crippen LogP contribution in [-0.2, 0) is 7.05 Å². The van der Waals surface area contributed by atoms with Gasteiger partial charge in [-0.25, -0.2) is 9.50 Å². The first kappa shape index (κ1) is 29.9. The summed E-state index contributed by atoms with van der Waals surface area (Å²) < 4.78 is 4.94. The van der Waals surface area contributed by atoms with Gasteiger partial charge in [0.25, 0.3) is 11.5 Å². The number of nitrogen functional groups attached to an aromatic ring is 1. The molecule has 12 heteroatoms. The van der Waals surface area contributed by atoms with E-state index >= 15 is 0 Å². The standard InChI is InChI=1S/C35H33N9O3/c1-22(39-34(46)30-32(36)40-43-15-7-14-37-33(30)43)28-18-24-9-6-8-23(29(24)35(47)44(28)27-10-4-3-5-11-27)12-13-25-19-38-41(2)31(25)26-20-42(21-26)16-17-45/h3-11,14-15,18-19,22,26,45H,16-17,20-21H2,1-2H3,(H2,36,40)(H,39,46)/t22-/m1/s1. The molecule has 1 amide bonds. The van der Waals surface area contributed by atoms with Gasteiger partial charge in [0, 0.05) is 61.9 Å². The number of aromatic nitrogens is 6. The van der Waals surface area contributed by atoms with Gasteiger partial charge in [-0.05, 0) is 42.6 Å². The maximum Gasteiger partial charge on any atom is 0.264 e. The van der Waals surface area contributed by atoms with Crippen LogP contribution in [0.15, 0.2) is 84.0 Å². The van der Waals surface area contributed by atoms with Crippen LogP contribution in [-0.4, -0.2) is 71.1 Å². The predicted molar refractivity (Wildman–Crippen MR) is 178 cm³/mol. The Bertz CT molecular complexity index is 2250. The molecule has 47 heavy (non-hydrogen) atoms. The van der Waals surface area contributed by atoms with Crippen LogP contribution in [0.3, 0.4) is 0 Å². The van der Waals surface area contributed by atoms with Crippen molar-refractivity contribution in [3.05, 3.63) is 118 Å². The third-order valence-corrected chi connectivity index (χ3v) is 8.61. The summed E-state index contributed by atoms with van der Waals surface area (Å²) in [5, 5.41) is 22.1. The lowest BCUT2D eigenvalue weighted by Crippen LogP contribution is -2.47. The van der Waals surface area contributed by atoms with Crippen molar-refractivity contribution in [2.75, 3.05) is 32.0 Å². The molecule has 1 aliphatic heterocycles. The molecular weight excluding hydrogens is 594 g/mol. The fraction of sp³-hybridized carbons (Fsp3) is 0.229. The summed E-state index contributed by atoms with van der Waals surface area (Å²) in [6, 6.07) is 17.9. The monoisotopic (exact) mass is 627 g/mol. The summed E-state index contributed by atoms with van der Waals surface area (Å²) in [6.07, 6.45) is 5.01. The van der Waals surface area contributed by atoms with Crippen LogP contribution in [0.1, 0.15) is 51.8 Å². The number of pyridine rings is 1. The lowest BCUT2D eigenvalue weighted by molar-refractivity contribution is 0.0941. The molecule has 0 bridgehead atoms. The summed E-state index contributed by atoms with van der Waals surface area (Å²) in [7, 11) is 1.91. The van der Waals surface area contributed by atoms with Crippen LogP contribution in [0.25, 0.3) is 22.1 Å². The molecule has 236 valence electrons. The Balaban J connectivity index is 1.29. The minimum Gasteiger partial charge on any atom is -0.395 e. The molecule has 1 fully saturated rings. The molecule has 5 heterocycles. The van der Waals surface area contributed by atoms with Gasteiger partial charge in [0.1, 0.15) is 5.56 Å². The summed E-state index contributed by atoms with van der Waals surface area (Å²) >= 11 is 0. The SMILES string of the molecule is C[C@@H](NC(=O)c1c(N)nn2cccnc12)c1cc2cccc(C#Cc3cnn(C)c3C3CN(CCO)C3)c2c(=O)n1-c1ccccc1. The number of para-hydroxylation sites is 1. The summed E-state index contributed by atoms with van der Waals surface area (Å²) in [5.41, 5.74) is 10.1. The molecule has 1 saturated heterocycles. The highest BCUT2D eigenvalue weighted by molar-refractivity contribution is 6.04. The molecule has 12 nitrogen and oxygen atoms in total. The lowest BCUT2D eigenvalue weighted by atomic mass is 9.93. The zero-order valence-corrected chi connectivity index (χ0v) is 26.0. The van der Waals surface area contributed by atoms with E-state index in [0.29, 0.717) is 39.9 Å². The number of aliphatic hydroxyl groups is 1. The van der Waals surface area contributed by atoms with Gasteiger partial charge in [0.05, 0.1) is 35.5 Å². The van der Waals surface area contributed by atoms with Crippen molar-refractivity contribution in [1.29, 1.82) is 0 Å². The van der Waals surface area contributed by atoms with Crippen LogP contribution in [0.5, 0.6) is 0 Å². The van der Waals surface area contributed by atoms with E-state index in [2.05, 4.69) is 37.2 Å². The Morgan fingerprint density at radius 2 is 1.89 bits per heavy atom. The first-order valence-corrected chi connectivity index (χ1v) is 15.3. The van der Waals surface area contributed by atoms with Crippen molar-refractivity contribution >= 4 is 28.1 Å². The number of carbonyl (C=O) groups excluding carboxylic acids is 1. The van der Waals surface area contributed by atoms with Crippen LogP contribution in [0.2, 0.25) is 0 Å². The second-order valence-electron chi connectivity index (χ2n) is 11.7. The van der Waals surface area contributed by atoms with E-state index in [1.807, 2.05) is 73.3 Å². The molecule has 6 aromatic rings. The number of carbonyl (C=O) groups is 1. The molecule has 0 saturated carbocycles. The number of anilines is 1. The fourth-order valence-corrected chi connectivity index (χ4v) is 6.34. The zero-order valence-electron chi connectivity index (χ0n) is 26.0. The maximum atomic E-state index is 14.5. The molecule has 1 atom stereocenters. The molecule has 4 N–H and O–H groups in total. The van der Waals surface area contributed by atoms with E-state index in [1.54, 1.807) is 29.2 Å². The molecule has 1 aliphatic rings. The number of fused-ring (bicyclic) bond motifs is 2. The Hall–Kier alpha value is -5.77. The van der Waals surface area contributed by atoms with Gasteiger partial charge in [0.15, 0.2) is 11.5 Å². The van der Waals surface area contributed by atoms with Gasteiger partial charge in [0.2, 0.25) is 0 Å². The number of nitrogens with zero attached hydrogens (tertiary/aromatic N) is 7. The van der Waals surface area contributed by atoms with Crippen molar-refractivity contribution in [2.45, 2.75) is 18.9 Å². The number of β-amino-alcohol motifs (C(OH)–C–C–N with tert-alkyl or cyclic N) is 1. The van der Waals surface area contributed by atoms with E-state index in [0.717, 1.165) is 24.3 Å². The number of rotatable bonds is 7. The highest BCUT2D eigenvalue weighted by Gasteiger charge is 2.31. The number of hydrogen-bond donors (Lipinski definition) is 3. The van der Waals surface area contributed by atoms with Gasteiger partial charge < -0.3 is 16.2 Å². The smallest absolute Gasteiger partial charge is 0.264 e. The fourth-order valence-electron chi connectivity index (χ4n) is 6.34. The molecule has 7 rings (SSSR count). The molecule has 4 aromatic heterocycles. The highest BCUT2D eigenvalue weighted by atomic mass is 16.3. The van der Waals surface area contributed by atoms with E-state index < -0.39 is 11.9 Å². The topological polar surface area (TPSA) is 149 Å². The average molecular weight is 628 g/mol. The van der Waals surface area contributed by atoms with Crippen molar-refractivity contribution in [3.63, 3.8) is 0 Å². The van der Waals surface area contributed by atoms with Gasteiger partial charge in [-0.1, -0.05) is 42.2 Å². The number of hydrogen-bond acceptors (Lipinski definition) is 8. The maximum absolute atomic E-state index is 14.5. The van der Waals surface area contributed by atoms with Crippen molar-refractivity contribution in [1.82, 2.24) is 39.2 Å². The minimum absolute atomic E-state index is 0.0622. The van der Waals surface area contributed by atoms with Crippen LogP contribution >= 0.6 is 0 Å². The highest BCUT2D eigenvalue weighted by Crippen LogP contribution is 2.29. The van der Waals surface area contributed by atoms with E-state index in [1.165, 1.54) is 4.52 Å². The van der Waals surface area contributed by atoms with Crippen molar-refractivity contribution < 1.29 is 9.90 Å². The largest absolute Gasteiger partial charge is 0.395 e. The van der Waals surface area contributed by atoms with E-state index in [4.69, 9.17) is 5.73 Å². The number of nitrogens with two attached hydrogens (primary N) is 1. The molecule has 0 spiro atoms. The number of benzene rings is 2. The van der Waals surface area contributed by atoms with Gasteiger partial charge in [-0.2, -0.15) is 5.10 Å². The van der Waals surface area contributed by atoms with E-state index in [9.17, 15) is 14.7 Å². The number of nitrogens with one attached hydrogen (secondary N) is 1. The van der Waals surface area contributed by atoms with Gasteiger partial charge in [-0.3, -0.25) is 23.7 Å². The molecular formula is C35H33N9O3. The number of amides is 1. The van der Waals surface area contributed by atoms with Gasteiger partial charge in [-0.15, -0.1) is 5.10 Å². The minimum atomic E-state index is -0.599. The second kappa shape index (κ2) is 12.2. The Kier molecular flexibility index (Phi) is 7.77. The molecule has 0 unspecified atom stereocenters. The Morgan fingerprint density at radius 1 is 1.11 bits per heavy atom. The van der Waals surface area contributed by atoms with Gasteiger partial charge >= 0.3 is 0 Å². The quantitative estimate of drug-likeness (QED) is 0.229. The van der Waals surface area contributed by atoms with Crippen LogP contribution in [0, 0.1) is 11.8 Å². The average Bonchev–Trinajstić information content (AvgIpc) is 3.59. The van der Waals surface area contributed by atoms with Crippen LogP contribution < -0.4 is 16.6 Å². The second-order valence-corrected chi connectivity index (χ2v) is 11.7. The predicted octanol–water partition coefficient (Wildman–Crippen LogP) is 2.63. The van der Waals surface area contributed by atoms with E-state index in [-0.39, 0.29) is 29.5 Å². The summed E-state index contributed by atoms with van der Waals surface area (Å²) in [5.74, 6) is 6.44. The Morgan fingerprint density at radius 3 is 2.68 bits per heavy atom. The first-order chi connectivity index (χ1) is 22.8. The lowest BCUT2D eigenvalue weighted by Gasteiger charge is -2.39. The molecule has 0 aliphatic carbocycles. The Labute approximate surface area is 270 Å². The molecule has 2 aromatic carbocycles. The normalized spacial score (nSPS) is 14.1. The third kappa shape index (κ3) is 5.41. The summed E-state index contributed by atoms with van der Waals surface area (Å²) in [6.45, 7) is 4.28. The third-order valence-electron chi connectivity index (χ3n) is 8.61. The van der Waals surface area contributed by atoms with Crippen molar-refractivity contribution in [2.24, 2.45) is 7.05 Å². The number of aliphatic hydroxyl groups excluding tert-OH is 1. The van der Waals surface area contributed by atoms with Crippen LogP contribution in [0.4, 0.5) is 5.82 Å². The molecule has 0 radical (unpaired) electrons. The number of aryl methyl sites for hydroxylation is 1. The van der Waals surface area contributed by atoms with Crippen molar-refractivity contribution in [3.8, 4) is 17.5 Å².